The van der Waals surface area contributed by atoms with Gasteiger partial charge in [0, 0.05) is 0 Å². The lowest BCUT2D eigenvalue weighted by atomic mass is 10.0. The second-order valence-electron chi connectivity index (χ2n) is 3.75. The van der Waals surface area contributed by atoms with Crippen LogP contribution in [0, 0.1) is 7.14 Å². The van der Waals surface area contributed by atoms with Gasteiger partial charge in [0.25, 0.3) is 0 Å². The number of rotatable bonds is 2. The van der Waals surface area contributed by atoms with Gasteiger partial charge in [0.15, 0.2) is 0 Å². The van der Waals surface area contributed by atoms with E-state index >= 15 is 0 Å². The van der Waals surface area contributed by atoms with Crippen LogP contribution in [-0.2, 0) is 6.42 Å². The van der Waals surface area contributed by atoms with Gasteiger partial charge >= 0.3 is 0 Å². The fraction of sp³-hybridized carbons (Fsp3) is 0.0769. The first-order valence-corrected chi connectivity index (χ1v) is 7.17. The second kappa shape index (κ2) is 5.43. The van der Waals surface area contributed by atoms with E-state index in [0.29, 0.717) is 11.5 Å². The number of hydrogen-bond acceptors (Lipinski definition) is 2. The molecule has 0 aliphatic carbocycles. The van der Waals surface area contributed by atoms with Crippen molar-refractivity contribution in [3.05, 3.63) is 54.7 Å². The molecule has 0 aromatic heterocycles. The molecule has 0 radical (unpaired) electrons. The summed E-state index contributed by atoms with van der Waals surface area (Å²) < 4.78 is 1.71. The summed E-state index contributed by atoms with van der Waals surface area (Å²) in [6.45, 7) is 0. The minimum atomic E-state index is 0.314. The van der Waals surface area contributed by atoms with E-state index in [0.717, 1.165) is 24.7 Å². The van der Waals surface area contributed by atoms with Crippen LogP contribution in [0.2, 0.25) is 0 Å². The number of phenolic OH excluding ortho intramolecular Hbond substituents is 2. The summed E-state index contributed by atoms with van der Waals surface area (Å²) in [4.78, 5) is 0. The quantitative estimate of drug-likeness (QED) is 0.680. The first-order valence-electron chi connectivity index (χ1n) is 5.01. The summed E-state index contributed by atoms with van der Waals surface area (Å²) in [7, 11) is 0. The molecule has 0 saturated heterocycles. The van der Waals surface area contributed by atoms with E-state index < -0.39 is 0 Å². The van der Waals surface area contributed by atoms with Crippen molar-refractivity contribution in [3.63, 3.8) is 0 Å². The topological polar surface area (TPSA) is 40.5 Å². The predicted octanol–water partition coefficient (Wildman–Crippen LogP) is 3.90. The minimum Gasteiger partial charge on any atom is -0.507 e. The third kappa shape index (κ3) is 3.25. The van der Waals surface area contributed by atoms with E-state index in [-0.39, 0.29) is 0 Å². The van der Waals surface area contributed by atoms with Gasteiger partial charge in [-0.2, -0.15) is 0 Å². The highest BCUT2D eigenvalue weighted by Crippen LogP contribution is 2.24. The Morgan fingerprint density at radius 3 is 1.53 bits per heavy atom. The smallest absolute Gasteiger partial charge is 0.128 e. The van der Waals surface area contributed by atoms with Gasteiger partial charge < -0.3 is 10.2 Å². The molecule has 0 atom stereocenters. The number of phenols is 2. The van der Waals surface area contributed by atoms with Gasteiger partial charge in [-0.3, -0.25) is 0 Å². The molecule has 0 saturated carbocycles. The van der Waals surface area contributed by atoms with Crippen molar-refractivity contribution in [2.45, 2.75) is 6.42 Å². The zero-order valence-electron chi connectivity index (χ0n) is 8.82. The number of hydrogen-bond donors (Lipinski definition) is 2. The van der Waals surface area contributed by atoms with Crippen LogP contribution in [0.1, 0.15) is 11.1 Å². The summed E-state index contributed by atoms with van der Waals surface area (Å²) in [5, 5.41) is 18.9. The Bertz CT molecular complexity index is 504. The van der Waals surface area contributed by atoms with Crippen LogP contribution in [0.5, 0.6) is 11.5 Å². The van der Waals surface area contributed by atoms with Crippen LogP contribution in [0.4, 0.5) is 0 Å². The molecule has 2 aromatic rings. The van der Waals surface area contributed by atoms with Crippen LogP contribution in [0.15, 0.2) is 36.4 Å². The standard InChI is InChI=1S/C13H10I2O2/c14-10-6-8(1-3-12(10)16)5-9-2-4-13(17)11(15)7-9/h1-4,6-7,16-17H,5H2. The normalized spacial score (nSPS) is 10.5. The molecule has 88 valence electrons. The summed E-state index contributed by atoms with van der Waals surface area (Å²) in [6, 6.07) is 11.2. The van der Waals surface area contributed by atoms with E-state index in [1.54, 1.807) is 12.1 Å². The van der Waals surface area contributed by atoms with E-state index in [4.69, 9.17) is 0 Å². The van der Waals surface area contributed by atoms with Crippen molar-refractivity contribution >= 4 is 45.2 Å². The molecule has 4 heteroatoms. The highest BCUT2D eigenvalue weighted by molar-refractivity contribution is 14.1. The van der Waals surface area contributed by atoms with Crippen molar-refractivity contribution in [2.75, 3.05) is 0 Å². The molecular formula is C13H10I2O2. The first-order chi connectivity index (χ1) is 8.06. The highest BCUT2D eigenvalue weighted by atomic mass is 127. The fourth-order valence-electron chi connectivity index (χ4n) is 1.56. The van der Waals surface area contributed by atoms with E-state index in [9.17, 15) is 10.2 Å². The van der Waals surface area contributed by atoms with Crippen LogP contribution in [0.3, 0.4) is 0 Å². The third-order valence-corrected chi connectivity index (χ3v) is 4.16. The molecule has 0 unspecified atom stereocenters. The second-order valence-corrected chi connectivity index (χ2v) is 6.07. The Hall–Kier alpha value is -0.500. The zero-order valence-corrected chi connectivity index (χ0v) is 13.1. The monoisotopic (exact) mass is 452 g/mol. The van der Waals surface area contributed by atoms with Gasteiger partial charge in [0.2, 0.25) is 0 Å². The summed E-state index contributed by atoms with van der Waals surface area (Å²) >= 11 is 4.23. The molecule has 0 heterocycles. The molecule has 0 bridgehead atoms. The third-order valence-electron chi connectivity index (χ3n) is 2.43. The Balaban J connectivity index is 2.25. The average Bonchev–Trinajstić information content (AvgIpc) is 2.29. The summed E-state index contributed by atoms with van der Waals surface area (Å²) in [5.41, 5.74) is 2.29. The largest absolute Gasteiger partial charge is 0.507 e. The Labute approximate surface area is 127 Å². The molecule has 2 N–H and O–H groups in total. The number of halogens is 2. The lowest BCUT2D eigenvalue weighted by Crippen LogP contribution is -1.90. The van der Waals surface area contributed by atoms with E-state index in [1.165, 1.54) is 0 Å². The van der Waals surface area contributed by atoms with Gasteiger partial charge in [-0.05, 0) is 87.0 Å². The zero-order chi connectivity index (χ0) is 12.4. The lowest BCUT2D eigenvalue weighted by molar-refractivity contribution is 0.471. The molecule has 0 aliphatic heterocycles. The molecule has 2 nitrogen and oxygen atoms in total. The highest BCUT2D eigenvalue weighted by Gasteiger charge is 2.03. The molecule has 0 spiro atoms. The van der Waals surface area contributed by atoms with Crippen LogP contribution < -0.4 is 0 Å². The molecule has 17 heavy (non-hydrogen) atoms. The first kappa shape index (κ1) is 12.9. The van der Waals surface area contributed by atoms with Crippen molar-refractivity contribution in [1.29, 1.82) is 0 Å². The summed E-state index contributed by atoms with van der Waals surface area (Å²) in [5.74, 6) is 0.629. The van der Waals surface area contributed by atoms with Crippen LogP contribution in [-0.4, -0.2) is 10.2 Å². The van der Waals surface area contributed by atoms with Gasteiger partial charge in [-0.25, -0.2) is 0 Å². The fourth-order valence-corrected chi connectivity index (χ4v) is 2.72. The van der Waals surface area contributed by atoms with Crippen molar-refractivity contribution in [1.82, 2.24) is 0 Å². The number of aromatic hydroxyl groups is 2. The average molecular weight is 452 g/mol. The lowest BCUT2D eigenvalue weighted by Gasteiger charge is -2.05. The molecule has 2 aromatic carbocycles. The van der Waals surface area contributed by atoms with Gasteiger partial charge in [0.1, 0.15) is 11.5 Å². The number of benzene rings is 2. The Morgan fingerprint density at radius 2 is 1.18 bits per heavy atom. The van der Waals surface area contributed by atoms with Gasteiger partial charge in [0.05, 0.1) is 7.14 Å². The Morgan fingerprint density at radius 1 is 0.765 bits per heavy atom. The van der Waals surface area contributed by atoms with Crippen molar-refractivity contribution in [3.8, 4) is 11.5 Å². The van der Waals surface area contributed by atoms with E-state index in [1.807, 2.05) is 24.3 Å². The van der Waals surface area contributed by atoms with Crippen molar-refractivity contribution in [2.24, 2.45) is 0 Å². The SMILES string of the molecule is Oc1ccc(Cc2ccc(O)c(I)c2)cc1I. The van der Waals surface area contributed by atoms with Crippen molar-refractivity contribution < 1.29 is 10.2 Å². The van der Waals surface area contributed by atoms with Gasteiger partial charge in [-0.1, -0.05) is 12.1 Å². The minimum absolute atomic E-state index is 0.314. The summed E-state index contributed by atoms with van der Waals surface area (Å²) in [6.07, 6.45) is 0.798. The maximum absolute atomic E-state index is 9.45. The van der Waals surface area contributed by atoms with Crippen LogP contribution in [0.25, 0.3) is 0 Å². The molecule has 0 amide bonds. The molecule has 2 rings (SSSR count). The maximum atomic E-state index is 9.45. The predicted molar refractivity (Wildman–Crippen MR) is 84.5 cm³/mol. The molecular weight excluding hydrogens is 442 g/mol. The van der Waals surface area contributed by atoms with Crippen LogP contribution >= 0.6 is 45.2 Å². The molecule has 0 fully saturated rings. The maximum Gasteiger partial charge on any atom is 0.128 e. The Kier molecular flexibility index (Phi) is 4.13. The van der Waals surface area contributed by atoms with E-state index in [2.05, 4.69) is 45.2 Å². The molecule has 0 aliphatic rings. The van der Waals surface area contributed by atoms with Gasteiger partial charge in [-0.15, -0.1) is 0 Å².